The molecule has 18 heavy (non-hydrogen) atoms. The van der Waals surface area contributed by atoms with Gasteiger partial charge >= 0.3 is 0 Å². The van der Waals surface area contributed by atoms with Gasteiger partial charge in [-0.2, -0.15) is 0 Å². The van der Waals surface area contributed by atoms with Crippen LogP contribution in [-0.2, 0) is 0 Å². The Bertz CT molecular complexity index is 377. The van der Waals surface area contributed by atoms with E-state index in [1.807, 2.05) is 0 Å². The van der Waals surface area contributed by atoms with E-state index in [9.17, 15) is 0 Å². The van der Waals surface area contributed by atoms with Crippen molar-refractivity contribution in [1.29, 1.82) is 0 Å². The van der Waals surface area contributed by atoms with Crippen LogP contribution in [0, 0.1) is 19.8 Å². The smallest absolute Gasteiger partial charge is 0.0320 e. The summed E-state index contributed by atoms with van der Waals surface area (Å²) in [5.41, 5.74) is 4.37. The van der Waals surface area contributed by atoms with E-state index < -0.39 is 0 Å². The maximum atomic E-state index is 3.51. The van der Waals surface area contributed by atoms with Crippen LogP contribution in [0.3, 0.4) is 0 Å². The molecule has 1 fully saturated rings. The van der Waals surface area contributed by atoms with Gasteiger partial charge in [0.05, 0.1) is 0 Å². The highest BCUT2D eigenvalue weighted by atomic mass is 14.9. The molecule has 0 saturated heterocycles. The van der Waals surface area contributed by atoms with Crippen LogP contribution in [0.4, 0.5) is 0 Å². The molecule has 1 atom stereocenters. The van der Waals surface area contributed by atoms with E-state index >= 15 is 0 Å². The Morgan fingerprint density at radius 3 is 2.61 bits per heavy atom. The van der Waals surface area contributed by atoms with Crippen LogP contribution < -0.4 is 5.32 Å². The molecule has 0 heterocycles. The molecule has 1 aliphatic carbocycles. The fourth-order valence-electron chi connectivity index (χ4n) is 3.31. The van der Waals surface area contributed by atoms with Gasteiger partial charge < -0.3 is 5.32 Å². The normalized spacial score (nSPS) is 18.2. The Morgan fingerprint density at radius 1 is 1.22 bits per heavy atom. The van der Waals surface area contributed by atoms with Gasteiger partial charge in [-0.15, -0.1) is 0 Å². The molecule has 1 aromatic carbocycles. The minimum Gasteiger partial charge on any atom is -0.313 e. The van der Waals surface area contributed by atoms with Gasteiger partial charge in [-0.3, -0.25) is 0 Å². The molecule has 0 aromatic heterocycles. The van der Waals surface area contributed by atoms with Crippen LogP contribution in [0.2, 0.25) is 0 Å². The number of hydrogen-bond donors (Lipinski definition) is 1. The zero-order valence-electron chi connectivity index (χ0n) is 12.1. The first-order chi connectivity index (χ1) is 8.72. The van der Waals surface area contributed by atoms with Gasteiger partial charge in [0.1, 0.15) is 0 Å². The number of hydrogen-bond acceptors (Lipinski definition) is 1. The lowest BCUT2D eigenvalue weighted by Crippen LogP contribution is -2.18. The minimum absolute atomic E-state index is 0.533. The Labute approximate surface area is 112 Å². The highest BCUT2D eigenvalue weighted by Gasteiger charge is 2.18. The van der Waals surface area contributed by atoms with Crippen molar-refractivity contribution in [2.45, 2.75) is 58.4 Å². The second-order valence-electron chi connectivity index (χ2n) is 5.86. The monoisotopic (exact) mass is 245 g/mol. The SMILES string of the molecule is CNC(CCC1CCCC1)c1cccc(C)c1C. The molecule has 1 aromatic rings. The van der Waals surface area contributed by atoms with Crippen LogP contribution >= 0.6 is 0 Å². The van der Waals surface area contributed by atoms with Gasteiger partial charge in [-0.25, -0.2) is 0 Å². The lowest BCUT2D eigenvalue weighted by molar-refractivity contribution is 0.426. The number of aryl methyl sites for hydroxylation is 1. The topological polar surface area (TPSA) is 12.0 Å². The van der Waals surface area contributed by atoms with Crippen molar-refractivity contribution in [2.24, 2.45) is 5.92 Å². The van der Waals surface area contributed by atoms with Crippen LogP contribution in [0.5, 0.6) is 0 Å². The van der Waals surface area contributed by atoms with Crippen molar-refractivity contribution in [1.82, 2.24) is 5.32 Å². The van der Waals surface area contributed by atoms with Gasteiger partial charge in [-0.1, -0.05) is 43.9 Å². The highest BCUT2D eigenvalue weighted by Crippen LogP contribution is 2.32. The molecule has 1 nitrogen and oxygen atoms in total. The summed E-state index contributed by atoms with van der Waals surface area (Å²) < 4.78 is 0. The highest BCUT2D eigenvalue weighted by molar-refractivity contribution is 5.35. The zero-order valence-corrected chi connectivity index (χ0v) is 12.1. The molecule has 100 valence electrons. The van der Waals surface area contributed by atoms with Crippen molar-refractivity contribution in [2.75, 3.05) is 7.05 Å². The van der Waals surface area contributed by atoms with Gasteiger partial charge in [0, 0.05) is 6.04 Å². The zero-order chi connectivity index (χ0) is 13.0. The fraction of sp³-hybridized carbons (Fsp3) is 0.647. The predicted molar refractivity (Wildman–Crippen MR) is 78.9 cm³/mol. The Morgan fingerprint density at radius 2 is 1.94 bits per heavy atom. The van der Waals surface area contributed by atoms with Crippen LogP contribution in [0.15, 0.2) is 18.2 Å². The van der Waals surface area contributed by atoms with Crippen molar-refractivity contribution in [3.8, 4) is 0 Å². The first-order valence-corrected chi connectivity index (χ1v) is 7.45. The Balaban J connectivity index is 2.00. The van der Waals surface area contributed by atoms with Crippen LogP contribution in [-0.4, -0.2) is 7.05 Å². The molecule has 0 bridgehead atoms. The first kappa shape index (κ1) is 13.6. The first-order valence-electron chi connectivity index (χ1n) is 7.45. The maximum Gasteiger partial charge on any atom is 0.0320 e. The van der Waals surface area contributed by atoms with Gasteiger partial charge in [0.25, 0.3) is 0 Å². The van der Waals surface area contributed by atoms with Crippen LogP contribution in [0.25, 0.3) is 0 Å². The maximum absolute atomic E-state index is 3.51. The minimum atomic E-state index is 0.533. The third-order valence-electron chi connectivity index (χ3n) is 4.71. The predicted octanol–water partition coefficient (Wildman–Crippen LogP) is 4.53. The summed E-state index contributed by atoms with van der Waals surface area (Å²) in [5.74, 6) is 0.992. The van der Waals surface area contributed by atoms with E-state index in [0.29, 0.717) is 6.04 Å². The van der Waals surface area contributed by atoms with E-state index in [1.54, 1.807) is 0 Å². The molecule has 0 radical (unpaired) electrons. The summed E-state index contributed by atoms with van der Waals surface area (Å²) in [6, 6.07) is 7.23. The number of benzene rings is 1. The molecular weight excluding hydrogens is 218 g/mol. The molecule has 2 rings (SSSR count). The molecular formula is C17H27N. The summed E-state index contributed by atoms with van der Waals surface area (Å²) in [4.78, 5) is 0. The third-order valence-corrected chi connectivity index (χ3v) is 4.71. The second kappa shape index (κ2) is 6.38. The lowest BCUT2D eigenvalue weighted by Gasteiger charge is -2.21. The number of rotatable bonds is 5. The quantitative estimate of drug-likeness (QED) is 0.803. The average Bonchev–Trinajstić information content (AvgIpc) is 2.88. The van der Waals surface area contributed by atoms with E-state index in [1.165, 1.54) is 55.2 Å². The molecule has 1 heteroatoms. The van der Waals surface area contributed by atoms with Gasteiger partial charge in [0.15, 0.2) is 0 Å². The molecule has 1 unspecified atom stereocenters. The van der Waals surface area contributed by atoms with Crippen molar-refractivity contribution in [3.05, 3.63) is 34.9 Å². The number of nitrogens with one attached hydrogen (secondary N) is 1. The van der Waals surface area contributed by atoms with Crippen molar-refractivity contribution in [3.63, 3.8) is 0 Å². The van der Waals surface area contributed by atoms with E-state index in [0.717, 1.165) is 5.92 Å². The molecule has 0 amide bonds. The van der Waals surface area contributed by atoms with E-state index in [-0.39, 0.29) is 0 Å². The molecule has 1 N–H and O–H groups in total. The van der Waals surface area contributed by atoms with Crippen LogP contribution in [0.1, 0.15) is 61.3 Å². The second-order valence-corrected chi connectivity index (χ2v) is 5.86. The Kier molecular flexibility index (Phi) is 4.82. The third kappa shape index (κ3) is 3.14. The fourth-order valence-corrected chi connectivity index (χ4v) is 3.31. The average molecular weight is 245 g/mol. The standard InChI is InChI=1S/C17H27N/c1-13-7-6-10-16(14(13)2)17(18-3)12-11-15-8-4-5-9-15/h6-7,10,15,17-18H,4-5,8-9,11-12H2,1-3H3. The Hall–Kier alpha value is -0.820. The summed E-state index contributed by atoms with van der Waals surface area (Å²) in [6.45, 7) is 4.47. The largest absolute Gasteiger partial charge is 0.313 e. The lowest BCUT2D eigenvalue weighted by atomic mass is 9.91. The van der Waals surface area contributed by atoms with E-state index in [2.05, 4.69) is 44.4 Å². The molecule has 1 aliphatic rings. The summed E-state index contributed by atoms with van der Waals surface area (Å²) >= 11 is 0. The summed E-state index contributed by atoms with van der Waals surface area (Å²) in [6.07, 6.45) is 8.51. The van der Waals surface area contributed by atoms with Gasteiger partial charge in [-0.05, 0) is 56.3 Å². The summed E-state index contributed by atoms with van der Waals surface area (Å²) in [7, 11) is 2.10. The summed E-state index contributed by atoms with van der Waals surface area (Å²) in [5, 5.41) is 3.51. The van der Waals surface area contributed by atoms with E-state index in [4.69, 9.17) is 0 Å². The van der Waals surface area contributed by atoms with Crippen molar-refractivity contribution < 1.29 is 0 Å². The molecule has 0 spiro atoms. The van der Waals surface area contributed by atoms with Crippen molar-refractivity contribution >= 4 is 0 Å². The molecule has 0 aliphatic heterocycles. The molecule has 1 saturated carbocycles. The van der Waals surface area contributed by atoms with Gasteiger partial charge in [0.2, 0.25) is 0 Å².